The van der Waals surface area contributed by atoms with Crippen LogP contribution in [-0.2, 0) is 19.7 Å². The summed E-state index contributed by atoms with van der Waals surface area (Å²) >= 11 is 0. The Labute approximate surface area is 163 Å². The molecule has 4 aliphatic rings. The normalized spacial score (nSPS) is 31.9. The fraction of sp³-hybridized carbons (Fsp3) is 0.700. The standard InChI is InChI=1S/C20H25F3O4S/c21-20(22,23)28(24,25)27-7-1-6-26-18-4-2-17(3-5-18)19-11-14-8-15(12-19)10-16(9-14)13-19/h2-5,14-16H,1,6-13H2. The van der Waals surface area contributed by atoms with E-state index in [9.17, 15) is 21.6 Å². The first-order valence-corrected chi connectivity index (χ1v) is 11.3. The molecular formula is C20H25F3O4S. The molecule has 0 spiro atoms. The first-order valence-electron chi connectivity index (χ1n) is 9.86. The Morgan fingerprint density at radius 2 is 1.46 bits per heavy atom. The molecule has 156 valence electrons. The smallest absolute Gasteiger partial charge is 0.494 e. The molecule has 28 heavy (non-hydrogen) atoms. The molecule has 1 aromatic rings. The van der Waals surface area contributed by atoms with Crippen LogP contribution in [-0.4, -0.2) is 27.1 Å². The van der Waals surface area contributed by atoms with Crippen LogP contribution in [0.5, 0.6) is 5.75 Å². The fourth-order valence-electron chi connectivity index (χ4n) is 5.85. The molecule has 8 heteroatoms. The van der Waals surface area contributed by atoms with Gasteiger partial charge in [-0.25, -0.2) is 0 Å². The third kappa shape index (κ3) is 3.90. The van der Waals surface area contributed by atoms with Crippen LogP contribution < -0.4 is 4.74 Å². The molecule has 4 nitrogen and oxygen atoms in total. The van der Waals surface area contributed by atoms with Gasteiger partial charge in [0.05, 0.1) is 13.2 Å². The monoisotopic (exact) mass is 418 g/mol. The zero-order valence-electron chi connectivity index (χ0n) is 15.6. The van der Waals surface area contributed by atoms with Crippen LogP contribution in [0.4, 0.5) is 13.2 Å². The van der Waals surface area contributed by atoms with Gasteiger partial charge in [-0.05, 0) is 79.4 Å². The van der Waals surface area contributed by atoms with Gasteiger partial charge in [0.1, 0.15) is 5.75 Å². The third-order valence-electron chi connectivity index (χ3n) is 6.58. The average molecular weight is 418 g/mol. The van der Waals surface area contributed by atoms with Crippen molar-refractivity contribution in [3.63, 3.8) is 0 Å². The molecule has 0 unspecified atom stereocenters. The third-order valence-corrected chi connectivity index (χ3v) is 7.63. The van der Waals surface area contributed by atoms with Crippen molar-refractivity contribution in [2.75, 3.05) is 13.2 Å². The molecule has 0 N–H and O–H groups in total. The molecule has 4 aliphatic carbocycles. The Bertz CT molecular complexity index is 766. The van der Waals surface area contributed by atoms with E-state index in [-0.39, 0.29) is 13.0 Å². The number of halogens is 3. The number of benzene rings is 1. The van der Waals surface area contributed by atoms with Crippen molar-refractivity contribution >= 4 is 10.1 Å². The lowest BCUT2D eigenvalue weighted by Crippen LogP contribution is -2.48. The Morgan fingerprint density at radius 3 is 1.96 bits per heavy atom. The van der Waals surface area contributed by atoms with E-state index in [1.54, 1.807) is 0 Å². The highest BCUT2D eigenvalue weighted by atomic mass is 32.2. The van der Waals surface area contributed by atoms with E-state index in [1.807, 2.05) is 12.1 Å². The van der Waals surface area contributed by atoms with Crippen molar-refractivity contribution in [2.24, 2.45) is 17.8 Å². The molecule has 0 amide bonds. The second-order valence-electron chi connectivity index (χ2n) is 8.65. The topological polar surface area (TPSA) is 52.6 Å². The van der Waals surface area contributed by atoms with E-state index in [0.717, 1.165) is 17.8 Å². The van der Waals surface area contributed by atoms with Crippen LogP contribution in [0.3, 0.4) is 0 Å². The number of rotatable bonds is 7. The number of ether oxygens (including phenoxy) is 1. The van der Waals surface area contributed by atoms with Crippen LogP contribution in [0.2, 0.25) is 0 Å². The van der Waals surface area contributed by atoms with Gasteiger partial charge in [0.25, 0.3) is 0 Å². The summed E-state index contributed by atoms with van der Waals surface area (Å²) < 4.78 is 67.6. The van der Waals surface area contributed by atoms with E-state index in [4.69, 9.17) is 4.74 Å². The van der Waals surface area contributed by atoms with Crippen LogP contribution in [0.1, 0.15) is 50.5 Å². The molecule has 0 heterocycles. The molecule has 1 aromatic carbocycles. The maximum atomic E-state index is 12.2. The second-order valence-corrected chi connectivity index (χ2v) is 10.3. The summed E-state index contributed by atoms with van der Waals surface area (Å²) in [7, 11) is -5.53. The highest BCUT2D eigenvalue weighted by Crippen LogP contribution is 2.60. The molecule has 0 radical (unpaired) electrons. The molecular weight excluding hydrogens is 393 g/mol. The first-order chi connectivity index (χ1) is 13.2. The Hall–Kier alpha value is -1.28. The van der Waals surface area contributed by atoms with Crippen molar-refractivity contribution in [1.29, 1.82) is 0 Å². The zero-order valence-corrected chi connectivity index (χ0v) is 16.4. The Balaban J connectivity index is 1.28. The average Bonchev–Trinajstić information content (AvgIpc) is 2.60. The van der Waals surface area contributed by atoms with Crippen molar-refractivity contribution in [2.45, 2.75) is 55.9 Å². The maximum Gasteiger partial charge on any atom is 0.523 e. The van der Waals surface area contributed by atoms with E-state index < -0.39 is 22.2 Å². The summed E-state index contributed by atoms with van der Waals surface area (Å²) in [6.07, 6.45) is 8.08. The number of alkyl halides is 3. The van der Waals surface area contributed by atoms with Crippen molar-refractivity contribution in [1.82, 2.24) is 0 Å². The lowest BCUT2D eigenvalue weighted by molar-refractivity contribution is -0.0544. The van der Waals surface area contributed by atoms with Gasteiger partial charge in [0.2, 0.25) is 0 Å². The van der Waals surface area contributed by atoms with Gasteiger partial charge in [-0.3, -0.25) is 4.18 Å². The van der Waals surface area contributed by atoms with Crippen molar-refractivity contribution < 1.29 is 30.5 Å². The summed E-state index contributed by atoms with van der Waals surface area (Å²) in [5.74, 6) is 3.24. The van der Waals surface area contributed by atoms with Gasteiger partial charge in [-0.2, -0.15) is 21.6 Å². The van der Waals surface area contributed by atoms with Crippen LogP contribution in [0, 0.1) is 17.8 Å². The van der Waals surface area contributed by atoms with Gasteiger partial charge in [-0.15, -0.1) is 0 Å². The molecule has 0 aromatic heterocycles. The molecule has 4 bridgehead atoms. The lowest BCUT2D eigenvalue weighted by Gasteiger charge is -2.57. The van der Waals surface area contributed by atoms with Crippen LogP contribution in [0.15, 0.2) is 24.3 Å². The predicted molar refractivity (Wildman–Crippen MR) is 97.3 cm³/mol. The quantitative estimate of drug-likeness (QED) is 0.363. The Morgan fingerprint density at radius 1 is 0.929 bits per heavy atom. The van der Waals surface area contributed by atoms with E-state index in [1.165, 1.54) is 44.1 Å². The zero-order chi connectivity index (χ0) is 20.0. The van der Waals surface area contributed by atoms with E-state index in [0.29, 0.717) is 11.2 Å². The summed E-state index contributed by atoms with van der Waals surface area (Å²) in [5.41, 5.74) is -3.70. The molecule has 0 saturated heterocycles. The number of hydrogen-bond acceptors (Lipinski definition) is 4. The molecule has 0 atom stereocenters. The SMILES string of the molecule is O=S(=O)(OCCCOc1ccc(C23CC4CC(CC(C4)C2)C3)cc1)C(F)(F)F. The van der Waals surface area contributed by atoms with E-state index in [2.05, 4.69) is 16.3 Å². The van der Waals surface area contributed by atoms with E-state index >= 15 is 0 Å². The predicted octanol–water partition coefficient (Wildman–Crippen LogP) is 4.79. The van der Waals surface area contributed by atoms with Crippen LogP contribution >= 0.6 is 0 Å². The molecule has 4 fully saturated rings. The van der Waals surface area contributed by atoms with Gasteiger partial charge in [0.15, 0.2) is 0 Å². The highest BCUT2D eigenvalue weighted by Gasteiger charge is 2.51. The number of hydrogen-bond donors (Lipinski definition) is 0. The van der Waals surface area contributed by atoms with Crippen LogP contribution in [0.25, 0.3) is 0 Å². The molecule has 5 rings (SSSR count). The minimum absolute atomic E-state index is 0.0477. The summed E-state index contributed by atoms with van der Waals surface area (Å²) in [4.78, 5) is 0. The first kappa shape index (κ1) is 20.0. The highest BCUT2D eigenvalue weighted by molar-refractivity contribution is 7.87. The fourth-order valence-corrected chi connectivity index (χ4v) is 6.32. The summed E-state index contributed by atoms with van der Waals surface area (Å²) in [5, 5.41) is 0. The van der Waals surface area contributed by atoms with Gasteiger partial charge >= 0.3 is 15.6 Å². The van der Waals surface area contributed by atoms with Gasteiger partial charge < -0.3 is 4.74 Å². The van der Waals surface area contributed by atoms with Gasteiger partial charge in [-0.1, -0.05) is 12.1 Å². The van der Waals surface area contributed by atoms with Gasteiger partial charge in [0, 0.05) is 6.42 Å². The largest absolute Gasteiger partial charge is 0.523 e. The second kappa shape index (κ2) is 7.20. The minimum Gasteiger partial charge on any atom is -0.494 e. The summed E-state index contributed by atoms with van der Waals surface area (Å²) in [6, 6.07) is 8.04. The maximum absolute atomic E-state index is 12.2. The van der Waals surface area contributed by atoms with Crippen molar-refractivity contribution in [3.8, 4) is 5.75 Å². The molecule has 0 aliphatic heterocycles. The minimum atomic E-state index is -5.53. The molecule has 4 saturated carbocycles. The Kier molecular flexibility index (Phi) is 5.15. The van der Waals surface area contributed by atoms with Crippen molar-refractivity contribution in [3.05, 3.63) is 29.8 Å². The summed E-state index contributed by atoms with van der Waals surface area (Å²) in [6.45, 7) is -0.475. The lowest BCUT2D eigenvalue weighted by atomic mass is 9.48.